The molecule has 0 radical (unpaired) electrons. The quantitative estimate of drug-likeness (QED) is 0.604. The summed E-state index contributed by atoms with van der Waals surface area (Å²) in [6.07, 6.45) is 0.582. The van der Waals surface area contributed by atoms with E-state index in [1.807, 2.05) is 18.2 Å². The summed E-state index contributed by atoms with van der Waals surface area (Å²) in [5, 5.41) is 5.15. The second-order valence-electron chi connectivity index (χ2n) is 6.93. The number of imide groups is 1. The van der Waals surface area contributed by atoms with Crippen molar-refractivity contribution in [3.8, 4) is 5.75 Å². The van der Waals surface area contributed by atoms with E-state index in [1.54, 1.807) is 13.2 Å². The Morgan fingerprint density at radius 1 is 1.32 bits per heavy atom. The highest BCUT2D eigenvalue weighted by Gasteiger charge is 2.39. The van der Waals surface area contributed by atoms with Crippen molar-refractivity contribution in [1.29, 1.82) is 0 Å². The molecule has 28 heavy (non-hydrogen) atoms. The molecular formula is C18H23N3O6S. The molecule has 4 amide bonds. The van der Waals surface area contributed by atoms with Gasteiger partial charge in [-0.2, -0.15) is 0 Å². The van der Waals surface area contributed by atoms with E-state index in [1.165, 1.54) is 0 Å². The minimum atomic E-state index is -3.11. The van der Waals surface area contributed by atoms with Crippen LogP contribution in [-0.2, 0) is 25.8 Å². The summed E-state index contributed by atoms with van der Waals surface area (Å²) in [6.45, 7) is 0.171. The summed E-state index contributed by atoms with van der Waals surface area (Å²) >= 11 is 0. The van der Waals surface area contributed by atoms with Crippen LogP contribution in [0.1, 0.15) is 18.4 Å². The number of para-hydroxylation sites is 1. The molecular weight excluding hydrogens is 386 g/mol. The van der Waals surface area contributed by atoms with E-state index in [-0.39, 0.29) is 24.5 Å². The lowest BCUT2D eigenvalue weighted by molar-refractivity contribution is -0.131. The summed E-state index contributed by atoms with van der Waals surface area (Å²) in [5.41, 5.74) is 0.870. The fourth-order valence-corrected chi connectivity index (χ4v) is 5.12. The average Bonchev–Trinajstić information content (AvgIpc) is 3.11. The Hall–Kier alpha value is -2.62. The molecule has 10 heteroatoms. The molecule has 2 atom stereocenters. The molecule has 2 saturated heterocycles. The number of nitrogens with one attached hydrogen (secondary N) is 2. The predicted molar refractivity (Wildman–Crippen MR) is 101 cm³/mol. The molecule has 2 N–H and O–H groups in total. The third-order valence-corrected chi connectivity index (χ3v) is 6.66. The maximum Gasteiger partial charge on any atom is 0.324 e. The molecule has 152 valence electrons. The largest absolute Gasteiger partial charge is 0.496 e. The van der Waals surface area contributed by atoms with Crippen molar-refractivity contribution in [2.24, 2.45) is 0 Å². The number of rotatable bonds is 7. The first-order chi connectivity index (χ1) is 13.3. The third kappa shape index (κ3) is 4.61. The first-order valence-electron chi connectivity index (χ1n) is 9.02. The predicted octanol–water partition coefficient (Wildman–Crippen LogP) is -0.148. The van der Waals surface area contributed by atoms with Gasteiger partial charge in [-0.3, -0.25) is 14.5 Å². The topological polar surface area (TPSA) is 122 Å². The molecule has 0 aliphatic carbocycles. The molecule has 2 fully saturated rings. The highest BCUT2D eigenvalue weighted by Crippen LogP contribution is 2.19. The van der Waals surface area contributed by atoms with Crippen LogP contribution in [0.5, 0.6) is 5.75 Å². The first-order valence-corrected chi connectivity index (χ1v) is 10.8. The van der Waals surface area contributed by atoms with Crippen LogP contribution < -0.4 is 15.4 Å². The number of amides is 4. The van der Waals surface area contributed by atoms with Crippen LogP contribution in [0.4, 0.5) is 4.79 Å². The van der Waals surface area contributed by atoms with E-state index in [4.69, 9.17) is 4.74 Å². The highest BCUT2D eigenvalue weighted by atomic mass is 32.2. The lowest BCUT2D eigenvalue weighted by Gasteiger charge is -2.15. The molecule has 2 heterocycles. The minimum Gasteiger partial charge on any atom is -0.496 e. The van der Waals surface area contributed by atoms with Crippen molar-refractivity contribution in [2.75, 3.05) is 25.2 Å². The Kier molecular flexibility index (Phi) is 5.87. The van der Waals surface area contributed by atoms with E-state index in [0.717, 1.165) is 10.5 Å². The summed E-state index contributed by atoms with van der Waals surface area (Å²) in [6, 6.07) is 5.42. The number of carbonyl (C=O) groups is 3. The van der Waals surface area contributed by atoms with E-state index in [2.05, 4.69) is 10.6 Å². The molecule has 1 aromatic rings. The van der Waals surface area contributed by atoms with Gasteiger partial charge in [-0.1, -0.05) is 18.2 Å². The Morgan fingerprint density at radius 2 is 2.07 bits per heavy atom. The monoisotopic (exact) mass is 409 g/mol. The number of ether oxygens (including phenoxy) is 1. The number of sulfone groups is 1. The van der Waals surface area contributed by atoms with Gasteiger partial charge < -0.3 is 15.4 Å². The molecule has 9 nitrogen and oxygen atoms in total. The summed E-state index contributed by atoms with van der Waals surface area (Å²) in [4.78, 5) is 37.9. The number of hydrogen-bond acceptors (Lipinski definition) is 6. The van der Waals surface area contributed by atoms with Crippen molar-refractivity contribution < 1.29 is 27.5 Å². The molecule has 3 rings (SSSR count). The lowest BCUT2D eigenvalue weighted by Crippen LogP contribution is -2.41. The van der Waals surface area contributed by atoms with E-state index >= 15 is 0 Å². The molecule has 0 aromatic heterocycles. The molecule has 0 saturated carbocycles. The molecule has 0 spiro atoms. The fourth-order valence-electron chi connectivity index (χ4n) is 3.45. The van der Waals surface area contributed by atoms with Crippen molar-refractivity contribution in [3.05, 3.63) is 29.8 Å². The van der Waals surface area contributed by atoms with E-state index in [9.17, 15) is 22.8 Å². The number of nitrogens with zero attached hydrogens (tertiary/aromatic N) is 1. The van der Waals surface area contributed by atoms with E-state index < -0.39 is 39.8 Å². The van der Waals surface area contributed by atoms with Gasteiger partial charge in [-0.25, -0.2) is 13.2 Å². The van der Waals surface area contributed by atoms with Crippen LogP contribution in [0, 0.1) is 0 Å². The number of benzene rings is 1. The molecule has 2 aliphatic heterocycles. The van der Waals surface area contributed by atoms with Gasteiger partial charge in [0.05, 0.1) is 25.0 Å². The molecule has 2 unspecified atom stereocenters. The van der Waals surface area contributed by atoms with Gasteiger partial charge in [0.2, 0.25) is 5.91 Å². The van der Waals surface area contributed by atoms with Gasteiger partial charge in [0.25, 0.3) is 5.91 Å². The normalized spacial score (nSPS) is 23.5. The van der Waals surface area contributed by atoms with Gasteiger partial charge in [0, 0.05) is 12.6 Å². The van der Waals surface area contributed by atoms with Gasteiger partial charge >= 0.3 is 6.03 Å². The Labute approximate surface area is 163 Å². The van der Waals surface area contributed by atoms with Gasteiger partial charge in [-0.05, 0) is 24.5 Å². The first kappa shape index (κ1) is 20.1. The maximum absolute atomic E-state index is 12.5. The van der Waals surface area contributed by atoms with Crippen molar-refractivity contribution in [2.45, 2.75) is 31.3 Å². The van der Waals surface area contributed by atoms with Crippen molar-refractivity contribution in [1.82, 2.24) is 15.5 Å². The second-order valence-corrected chi connectivity index (χ2v) is 9.15. The number of methoxy groups -OCH3 is 1. The van der Waals surface area contributed by atoms with Crippen LogP contribution in [-0.4, -0.2) is 68.4 Å². The van der Waals surface area contributed by atoms with Crippen molar-refractivity contribution in [3.63, 3.8) is 0 Å². The Morgan fingerprint density at radius 3 is 2.75 bits per heavy atom. The number of urea groups is 1. The molecule has 0 bridgehead atoms. The van der Waals surface area contributed by atoms with Gasteiger partial charge in [-0.15, -0.1) is 0 Å². The SMILES string of the molecule is COc1ccccc1CCN1C(=O)NC(CC(=O)NC2CCS(=O)(=O)C2)C1=O. The number of hydrogen-bond donors (Lipinski definition) is 2. The average molecular weight is 409 g/mol. The summed E-state index contributed by atoms with van der Waals surface area (Å²) < 4.78 is 28.2. The van der Waals surface area contributed by atoms with Crippen LogP contribution in [0.2, 0.25) is 0 Å². The molecule has 2 aliphatic rings. The highest BCUT2D eigenvalue weighted by molar-refractivity contribution is 7.91. The maximum atomic E-state index is 12.5. The lowest BCUT2D eigenvalue weighted by atomic mass is 10.1. The summed E-state index contributed by atoms with van der Waals surface area (Å²) in [5.74, 6) is -0.277. The molecule has 1 aromatic carbocycles. The third-order valence-electron chi connectivity index (χ3n) is 4.89. The Bertz CT molecular complexity index is 885. The second kappa shape index (κ2) is 8.17. The van der Waals surface area contributed by atoms with Gasteiger partial charge in [0.1, 0.15) is 11.8 Å². The smallest absolute Gasteiger partial charge is 0.324 e. The van der Waals surface area contributed by atoms with E-state index in [0.29, 0.717) is 18.6 Å². The van der Waals surface area contributed by atoms with Crippen LogP contribution >= 0.6 is 0 Å². The van der Waals surface area contributed by atoms with Crippen LogP contribution in [0.3, 0.4) is 0 Å². The standard InChI is InChI=1S/C18H23N3O6S/c1-27-15-5-3-2-4-12(15)6-8-21-17(23)14(20-18(21)24)10-16(22)19-13-7-9-28(25,26)11-13/h2-5,13-14H,6-11H2,1H3,(H,19,22)(H,20,24). The Balaban J connectivity index is 1.53. The fraction of sp³-hybridized carbons (Fsp3) is 0.500. The van der Waals surface area contributed by atoms with Gasteiger partial charge in [0.15, 0.2) is 9.84 Å². The minimum absolute atomic E-state index is 0.0494. The van der Waals surface area contributed by atoms with Crippen molar-refractivity contribution >= 4 is 27.7 Å². The van der Waals surface area contributed by atoms with Crippen LogP contribution in [0.25, 0.3) is 0 Å². The zero-order chi connectivity index (χ0) is 20.3. The zero-order valence-corrected chi connectivity index (χ0v) is 16.3. The zero-order valence-electron chi connectivity index (χ0n) is 15.5. The van der Waals surface area contributed by atoms with Crippen LogP contribution in [0.15, 0.2) is 24.3 Å². The number of carbonyl (C=O) groups excluding carboxylic acids is 3. The summed E-state index contributed by atoms with van der Waals surface area (Å²) in [7, 11) is -1.55.